The van der Waals surface area contributed by atoms with Gasteiger partial charge in [0.15, 0.2) is 6.17 Å². The first-order chi connectivity index (χ1) is 13.4. The maximum atomic E-state index is 14.1. The van der Waals surface area contributed by atoms with Gasteiger partial charge >= 0.3 is 6.03 Å². The van der Waals surface area contributed by atoms with Gasteiger partial charge in [0.2, 0.25) is 0 Å². The van der Waals surface area contributed by atoms with Crippen molar-refractivity contribution in [1.29, 1.82) is 0 Å². The number of carbonyl (C=O) groups excluding carboxylic acids is 2. The number of nitrogens with one attached hydrogen (secondary N) is 1. The highest BCUT2D eigenvalue weighted by Crippen LogP contribution is 2.31. The van der Waals surface area contributed by atoms with E-state index in [1.807, 2.05) is 6.92 Å². The zero-order valence-corrected chi connectivity index (χ0v) is 16.2. The second-order valence-electron chi connectivity index (χ2n) is 6.40. The van der Waals surface area contributed by atoms with Crippen molar-refractivity contribution in [1.82, 2.24) is 15.3 Å². The van der Waals surface area contributed by atoms with Gasteiger partial charge < -0.3 is 0 Å². The first-order valence-electron chi connectivity index (χ1n) is 8.44. The van der Waals surface area contributed by atoms with Crippen molar-refractivity contribution in [2.45, 2.75) is 19.6 Å². The maximum absolute atomic E-state index is 14.1. The SMILES string of the molecule is Cc1c(Cl)cccc1N1C=CN2C(=O)N(Cc3c(F)cccc3Cl)NC2C1=O. The summed E-state index contributed by atoms with van der Waals surface area (Å²) in [6.07, 6.45) is 2.07. The molecule has 0 bridgehead atoms. The van der Waals surface area contributed by atoms with Gasteiger partial charge in [-0.25, -0.2) is 9.18 Å². The molecule has 4 rings (SSSR count). The molecule has 0 radical (unpaired) electrons. The Kier molecular flexibility index (Phi) is 4.74. The monoisotopic (exact) mass is 420 g/mol. The minimum Gasteiger partial charge on any atom is -0.283 e. The van der Waals surface area contributed by atoms with E-state index in [9.17, 15) is 14.0 Å². The van der Waals surface area contributed by atoms with Crippen molar-refractivity contribution >= 4 is 40.8 Å². The molecule has 9 heteroatoms. The standard InChI is InChI=1S/C19H15Cl2FN4O2/c1-11-13(20)4-3-7-16(11)24-8-9-25-17(18(24)27)23-26(19(25)28)10-12-14(21)5-2-6-15(12)22/h2-9,17,23H,10H2,1H3. The number of nitrogens with zero attached hydrogens (tertiary/aromatic N) is 3. The van der Waals surface area contributed by atoms with Gasteiger partial charge in [-0.1, -0.05) is 35.3 Å². The number of rotatable bonds is 3. The summed E-state index contributed by atoms with van der Waals surface area (Å²) in [5.41, 5.74) is 4.38. The van der Waals surface area contributed by atoms with E-state index in [4.69, 9.17) is 23.2 Å². The molecule has 0 saturated carbocycles. The Balaban J connectivity index is 1.60. The topological polar surface area (TPSA) is 55.9 Å². The predicted octanol–water partition coefficient (Wildman–Crippen LogP) is 4.03. The van der Waals surface area contributed by atoms with Gasteiger partial charge in [0.25, 0.3) is 5.91 Å². The Bertz CT molecular complexity index is 993. The van der Waals surface area contributed by atoms with Crippen LogP contribution in [0.5, 0.6) is 0 Å². The van der Waals surface area contributed by atoms with Gasteiger partial charge in [-0.2, -0.15) is 5.43 Å². The molecule has 3 amide bonds. The number of benzene rings is 2. The average Bonchev–Trinajstić information content (AvgIpc) is 2.98. The Morgan fingerprint density at radius 3 is 2.54 bits per heavy atom. The smallest absolute Gasteiger partial charge is 0.283 e. The summed E-state index contributed by atoms with van der Waals surface area (Å²) in [6.45, 7) is 1.69. The van der Waals surface area contributed by atoms with E-state index in [0.717, 1.165) is 5.56 Å². The van der Waals surface area contributed by atoms with E-state index in [2.05, 4.69) is 5.43 Å². The molecule has 0 aliphatic carbocycles. The van der Waals surface area contributed by atoms with Gasteiger partial charge in [0.05, 0.1) is 12.2 Å². The van der Waals surface area contributed by atoms with Crippen LogP contribution in [0.2, 0.25) is 10.0 Å². The molecule has 6 nitrogen and oxygen atoms in total. The second-order valence-corrected chi connectivity index (χ2v) is 7.21. The summed E-state index contributed by atoms with van der Waals surface area (Å²) in [5.74, 6) is -0.881. The van der Waals surface area contributed by atoms with Crippen molar-refractivity contribution in [3.05, 3.63) is 75.8 Å². The van der Waals surface area contributed by atoms with Crippen molar-refractivity contribution in [2.75, 3.05) is 4.90 Å². The van der Waals surface area contributed by atoms with Crippen LogP contribution in [0.15, 0.2) is 48.8 Å². The highest BCUT2D eigenvalue weighted by molar-refractivity contribution is 6.32. The molecule has 2 aliphatic heterocycles. The molecule has 0 spiro atoms. The molecule has 28 heavy (non-hydrogen) atoms. The highest BCUT2D eigenvalue weighted by Gasteiger charge is 2.44. The van der Waals surface area contributed by atoms with Crippen LogP contribution in [-0.4, -0.2) is 28.0 Å². The fourth-order valence-corrected chi connectivity index (χ4v) is 3.59. The molecule has 1 saturated heterocycles. The fourth-order valence-electron chi connectivity index (χ4n) is 3.19. The van der Waals surface area contributed by atoms with E-state index in [0.29, 0.717) is 10.7 Å². The van der Waals surface area contributed by atoms with Crippen LogP contribution in [-0.2, 0) is 11.3 Å². The first kappa shape index (κ1) is 18.7. The van der Waals surface area contributed by atoms with Crippen LogP contribution in [0.1, 0.15) is 11.1 Å². The van der Waals surface area contributed by atoms with Gasteiger partial charge in [0, 0.05) is 28.0 Å². The number of hydrogen-bond donors (Lipinski definition) is 1. The number of hydrazine groups is 1. The van der Waals surface area contributed by atoms with Crippen molar-refractivity contribution < 1.29 is 14.0 Å². The molecule has 144 valence electrons. The van der Waals surface area contributed by atoms with E-state index >= 15 is 0 Å². The molecular weight excluding hydrogens is 406 g/mol. The molecule has 2 aliphatic rings. The van der Waals surface area contributed by atoms with Gasteiger partial charge in [-0.3, -0.25) is 19.6 Å². The van der Waals surface area contributed by atoms with E-state index in [1.165, 1.54) is 39.3 Å². The lowest BCUT2D eigenvalue weighted by Gasteiger charge is -2.30. The van der Waals surface area contributed by atoms with E-state index in [1.54, 1.807) is 24.3 Å². The first-order valence-corrected chi connectivity index (χ1v) is 9.19. The molecule has 0 aromatic heterocycles. The Labute approximate surface area is 170 Å². The lowest BCUT2D eigenvalue weighted by Crippen LogP contribution is -2.51. The van der Waals surface area contributed by atoms with Crippen LogP contribution < -0.4 is 10.3 Å². The Morgan fingerprint density at radius 2 is 1.79 bits per heavy atom. The number of urea groups is 1. The average molecular weight is 421 g/mol. The molecule has 1 unspecified atom stereocenters. The van der Waals surface area contributed by atoms with Crippen LogP contribution in [0, 0.1) is 12.7 Å². The Morgan fingerprint density at radius 1 is 1.07 bits per heavy atom. The van der Waals surface area contributed by atoms with Crippen LogP contribution in [0.25, 0.3) is 0 Å². The van der Waals surface area contributed by atoms with Gasteiger partial charge in [-0.15, -0.1) is 0 Å². The number of carbonyl (C=O) groups is 2. The second kappa shape index (κ2) is 7.09. The van der Waals surface area contributed by atoms with Gasteiger partial charge in [-0.05, 0) is 36.8 Å². The third-order valence-corrected chi connectivity index (χ3v) is 5.50. The molecule has 2 aromatic carbocycles. The van der Waals surface area contributed by atoms with Crippen molar-refractivity contribution in [2.24, 2.45) is 0 Å². The Hall–Kier alpha value is -2.61. The lowest BCUT2D eigenvalue weighted by atomic mass is 10.1. The summed E-state index contributed by atoms with van der Waals surface area (Å²) in [6, 6.07) is 9.08. The van der Waals surface area contributed by atoms with Gasteiger partial charge in [0.1, 0.15) is 5.82 Å². The number of amides is 3. The van der Waals surface area contributed by atoms with E-state index < -0.39 is 18.0 Å². The maximum Gasteiger partial charge on any atom is 0.340 e. The number of fused-ring (bicyclic) bond motifs is 1. The lowest BCUT2D eigenvalue weighted by molar-refractivity contribution is -0.122. The minimum atomic E-state index is -0.943. The fraction of sp³-hybridized carbons (Fsp3) is 0.158. The molecule has 2 heterocycles. The predicted molar refractivity (Wildman–Crippen MR) is 104 cm³/mol. The number of hydrogen-bond acceptors (Lipinski definition) is 3. The summed E-state index contributed by atoms with van der Waals surface area (Å²) >= 11 is 12.2. The van der Waals surface area contributed by atoms with Crippen LogP contribution in [0.3, 0.4) is 0 Å². The number of anilines is 1. The highest BCUT2D eigenvalue weighted by atomic mass is 35.5. The molecular formula is C19H15Cl2FN4O2. The zero-order chi connectivity index (χ0) is 20.0. The van der Waals surface area contributed by atoms with Crippen LogP contribution >= 0.6 is 23.2 Å². The molecule has 1 atom stereocenters. The summed E-state index contributed by atoms with van der Waals surface area (Å²) in [7, 11) is 0. The zero-order valence-electron chi connectivity index (χ0n) is 14.7. The minimum absolute atomic E-state index is 0.116. The van der Waals surface area contributed by atoms with Crippen molar-refractivity contribution in [3.8, 4) is 0 Å². The van der Waals surface area contributed by atoms with Crippen LogP contribution in [0.4, 0.5) is 14.9 Å². The number of halogens is 3. The quantitative estimate of drug-likeness (QED) is 0.815. The summed E-state index contributed by atoms with van der Waals surface area (Å²) in [5, 5.41) is 1.91. The summed E-state index contributed by atoms with van der Waals surface area (Å²) in [4.78, 5) is 28.3. The summed E-state index contributed by atoms with van der Waals surface area (Å²) < 4.78 is 14.1. The largest absolute Gasteiger partial charge is 0.340 e. The third-order valence-electron chi connectivity index (χ3n) is 4.73. The normalized spacial score (nSPS) is 18.9. The van der Waals surface area contributed by atoms with Crippen molar-refractivity contribution in [3.63, 3.8) is 0 Å². The third kappa shape index (κ3) is 3.01. The molecule has 2 aromatic rings. The molecule has 1 N–H and O–H groups in total. The van der Waals surface area contributed by atoms with E-state index in [-0.39, 0.29) is 23.0 Å². The molecule has 1 fully saturated rings.